The first kappa shape index (κ1) is 17.7. The van der Waals surface area contributed by atoms with Crippen LogP contribution in [0, 0.1) is 0 Å². The molecule has 1 unspecified atom stereocenters. The van der Waals surface area contributed by atoms with Gasteiger partial charge >= 0.3 is 0 Å². The van der Waals surface area contributed by atoms with Crippen LogP contribution >= 0.6 is 0 Å². The summed E-state index contributed by atoms with van der Waals surface area (Å²) in [5, 5.41) is 10.8. The fourth-order valence-electron chi connectivity index (χ4n) is 3.24. The number of Topliss-reactive ketones (excluding diaryl/α,β-unsaturated/α-hetero) is 1. The van der Waals surface area contributed by atoms with Gasteiger partial charge in [-0.3, -0.25) is 9.59 Å². The molecule has 134 valence electrons. The van der Waals surface area contributed by atoms with E-state index in [1.807, 2.05) is 37.3 Å². The molecular weight excluding hydrogens is 330 g/mol. The maximum absolute atomic E-state index is 12.7. The summed E-state index contributed by atoms with van der Waals surface area (Å²) in [7, 11) is 1.56. The molecule has 1 atom stereocenters. The summed E-state index contributed by atoms with van der Waals surface area (Å²) in [5.41, 5.74) is 1.40. The van der Waals surface area contributed by atoms with Crippen LogP contribution in [-0.4, -0.2) is 35.4 Å². The molecule has 1 heterocycles. The average molecular weight is 351 g/mol. The van der Waals surface area contributed by atoms with Gasteiger partial charge in [0, 0.05) is 12.1 Å². The third kappa shape index (κ3) is 3.08. The van der Waals surface area contributed by atoms with Crippen LogP contribution in [0.5, 0.6) is 5.75 Å². The van der Waals surface area contributed by atoms with Gasteiger partial charge in [0.2, 0.25) is 0 Å². The van der Waals surface area contributed by atoms with Crippen LogP contribution in [-0.2, 0) is 9.59 Å². The van der Waals surface area contributed by atoms with Crippen LogP contribution in [0.1, 0.15) is 30.5 Å². The predicted octanol–water partition coefficient (Wildman–Crippen LogP) is 3.53. The Hall–Kier alpha value is -3.08. The number of hydrogen-bond acceptors (Lipinski definition) is 4. The van der Waals surface area contributed by atoms with Crippen molar-refractivity contribution < 1.29 is 19.4 Å². The zero-order chi connectivity index (χ0) is 18.7. The number of carbonyl (C=O) groups is 2. The minimum atomic E-state index is -0.652. The summed E-state index contributed by atoms with van der Waals surface area (Å²) >= 11 is 0. The molecule has 0 bridgehead atoms. The maximum atomic E-state index is 12.7. The Kier molecular flexibility index (Phi) is 5.07. The number of benzene rings is 2. The second-order valence-corrected chi connectivity index (χ2v) is 6.13. The topological polar surface area (TPSA) is 66.8 Å². The van der Waals surface area contributed by atoms with Crippen molar-refractivity contribution in [2.45, 2.75) is 19.4 Å². The van der Waals surface area contributed by atoms with Gasteiger partial charge in [-0.25, -0.2) is 0 Å². The van der Waals surface area contributed by atoms with Crippen molar-refractivity contribution in [1.82, 2.24) is 4.90 Å². The smallest absolute Gasteiger partial charge is 0.295 e. The Morgan fingerprint density at radius 1 is 1.08 bits per heavy atom. The zero-order valence-corrected chi connectivity index (χ0v) is 14.8. The second-order valence-electron chi connectivity index (χ2n) is 6.13. The SMILES string of the molecule is CCCN1C(=O)C(=O)/C(=C(\O)c2ccc(OC)cc2)C1c1ccccc1. The number of hydrogen-bond donors (Lipinski definition) is 1. The monoisotopic (exact) mass is 351 g/mol. The lowest BCUT2D eigenvalue weighted by Gasteiger charge is -2.24. The Labute approximate surface area is 152 Å². The van der Waals surface area contributed by atoms with Crippen molar-refractivity contribution in [3.63, 3.8) is 0 Å². The van der Waals surface area contributed by atoms with E-state index >= 15 is 0 Å². The van der Waals surface area contributed by atoms with E-state index in [2.05, 4.69) is 0 Å². The van der Waals surface area contributed by atoms with Crippen molar-refractivity contribution in [2.24, 2.45) is 0 Å². The van der Waals surface area contributed by atoms with Crippen LogP contribution in [0.2, 0.25) is 0 Å². The lowest BCUT2D eigenvalue weighted by Crippen LogP contribution is -2.30. The molecule has 0 aromatic heterocycles. The van der Waals surface area contributed by atoms with Crippen molar-refractivity contribution in [3.8, 4) is 5.75 Å². The van der Waals surface area contributed by atoms with Crippen LogP contribution in [0.15, 0.2) is 60.2 Å². The zero-order valence-electron chi connectivity index (χ0n) is 14.8. The lowest BCUT2D eigenvalue weighted by atomic mass is 9.95. The first-order valence-electron chi connectivity index (χ1n) is 8.56. The number of ketones is 1. The van der Waals surface area contributed by atoms with Crippen molar-refractivity contribution in [1.29, 1.82) is 0 Å². The maximum Gasteiger partial charge on any atom is 0.295 e. The van der Waals surface area contributed by atoms with Gasteiger partial charge in [0.1, 0.15) is 11.5 Å². The molecule has 0 saturated carbocycles. The second kappa shape index (κ2) is 7.44. The lowest BCUT2D eigenvalue weighted by molar-refractivity contribution is -0.139. The number of rotatable bonds is 5. The quantitative estimate of drug-likeness (QED) is 0.508. The molecule has 0 aliphatic carbocycles. The van der Waals surface area contributed by atoms with Crippen molar-refractivity contribution in [3.05, 3.63) is 71.3 Å². The third-order valence-corrected chi connectivity index (χ3v) is 4.48. The Balaban J connectivity index is 2.14. The predicted molar refractivity (Wildman–Crippen MR) is 98.7 cm³/mol. The molecule has 1 N–H and O–H groups in total. The molecule has 5 heteroatoms. The standard InChI is InChI=1S/C21H21NO4/c1-3-13-22-18(14-7-5-4-6-8-14)17(20(24)21(22)25)19(23)15-9-11-16(26-2)12-10-15/h4-12,18,23H,3,13H2,1-2H3/b19-17-. The van der Waals surface area contributed by atoms with Crippen LogP contribution < -0.4 is 4.74 Å². The summed E-state index contributed by atoms with van der Waals surface area (Å²) in [4.78, 5) is 26.7. The van der Waals surface area contributed by atoms with E-state index in [0.717, 1.165) is 12.0 Å². The fourth-order valence-corrected chi connectivity index (χ4v) is 3.24. The Morgan fingerprint density at radius 2 is 1.73 bits per heavy atom. The minimum Gasteiger partial charge on any atom is -0.507 e. The molecular formula is C21H21NO4. The summed E-state index contributed by atoms with van der Waals surface area (Å²) < 4.78 is 5.13. The van der Waals surface area contributed by atoms with E-state index in [4.69, 9.17) is 4.74 Å². The van der Waals surface area contributed by atoms with E-state index in [9.17, 15) is 14.7 Å². The van der Waals surface area contributed by atoms with Crippen LogP contribution in [0.25, 0.3) is 5.76 Å². The van der Waals surface area contributed by atoms with Gasteiger partial charge < -0.3 is 14.7 Å². The van der Waals surface area contributed by atoms with Crippen LogP contribution in [0.4, 0.5) is 0 Å². The van der Waals surface area contributed by atoms with Gasteiger partial charge in [-0.05, 0) is 36.2 Å². The summed E-state index contributed by atoms with van der Waals surface area (Å²) in [6, 6.07) is 15.5. The third-order valence-electron chi connectivity index (χ3n) is 4.48. The molecule has 0 spiro atoms. The molecule has 1 saturated heterocycles. The number of aliphatic hydroxyl groups is 1. The van der Waals surface area contributed by atoms with Crippen molar-refractivity contribution >= 4 is 17.4 Å². The Bertz CT molecular complexity index is 840. The van der Waals surface area contributed by atoms with Gasteiger partial charge in [-0.2, -0.15) is 0 Å². The highest BCUT2D eigenvalue weighted by Crippen LogP contribution is 2.39. The number of ether oxygens (including phenoxy) is 1. The normalized spacial score (nSPS) is 19.0. The summed E-state index contributed by atoms with van der Waals surface area (Å²) in [6.45, 7) is 2.40. The largest absolute Gasteiger partial charge is 0.507 e. The highest BCUT2D eigenvalue weighted by atomic mass is 16.5. The van der Waals surface area contributed by atoms with E-state index in [1.165, 1.54) is 4.90 Å². The van der Waals surface area contributed by atoms with Gasteiger partial charge in [-0.1, -0.05) is 37.3 Å². The number of nitrogens with zero attached hydrogens (tertiary/aromatic N) is 1. The molecule has 1 aliphatic rings. The molecule has 26 heavy (non-hydrogen) atoms. The van der Waals surface area contributed by atoms with E-state index < -0.39 is 17.7 Å². The van der Waals surface area contributed by atoms with E-state index in [0.29, 0.717) is 17.9 Å². The summed E-state index contributed by atoms with van der Waals surface area (Å²) in [6.07, 6.45) is 0.721. The van der Waals surface area contributed by atoms with Gasteiger partial charge in [0.05, 0.1) is 18.7 Å². The number of likely N-dealkylation sites (tertiary alicyclic amines) is 1. The Morgan fingerprint density at radius 3 is 2.31 bits per heavy atom. The molecule has 2 aromatic carbocycles. The highest BCUT2D eigenvalue weighted by molar-refractivity contribution is 6.46. The van der Waals surface area contributed by atoms with E-state index in [-0.39, 0.29) is 11.3 Å². The van der Waals surface area contributed by atoms with Gasteiger partial charge in [0.15, 0.2) is 0 Å². The average Bonchev–Trinajstić information content (AvgIpc) is 2.93. The molecule has 2 aromatic rings. The molecule has 3 rings (SSSR count). The van der Waals surface area contributed by atoms with Gasteiger partial charge in [-0.15, -0.1) is 0 Å². The minimum absolute atomic E-state index is 0.125. The summed E-state index contributed by atoms with van der Waals surface area (Å²) in [5.74, 6) is -0.748. The number of carbonyl (C=O) groups excluding carboxylic acids is 2. The number of aliphatic hydroxyl groups excluding tert-OH is 1. The molecule has 0 radical (unpaired) electrons. The molecule has 1 amide bonds. The van der Waals surface area contributed by atoms with Crippen molar-refractivity contribution in [2.75, 3.05) is 13.7 Å². The molecule has 1 aliphatic heterocycles. The first-order chi connectivity index (χ1) is 12.6. The van der Waals surface area contributed by atoms with Gasteiger partial charge in [0.25, 0.3) is 11.7 Å². The molecule has 1 fully saturated rings. The van der Waals surface area contributed by atoms with E-state index in [1.54, 1.807) is 31.4 Å². The number of amides is 1. The molecule has 5 nitrogen and oxygen atoms in total. The fraction of sp³-hybridized carbons (Fsp3) is 0.238. The number of methoxy groups -OCH3 is 1. The van der Waals surface area contributed by atoms with Crippen LogP contribution in [0.3, 0.4) is 0 Å². The highest BCUT2D eigenvalue weighted by Gasteiger charge is 2.45. The first-order valence-corrected chi connectivity index (χ1v) is 8.56.